The molecule has 0 heterocycles. The fourth-order valence-electron chi connectivity index (χ4n) is 6.67. The smallest absolute Gasteiger partial charge is 0.343 e. The summed E-state index contributed by atoms with van der Waals surface area (Å²) in [6.45, 7) is 0.630. The average molecular weight is 909 g/mol. The standard InChI is InChI=1S/C55H48N4O9/c56-29-1-3-31-64-47-21-13-41(14-22-47)52(60)33-40-7-5-38(6-8-40)11-27-53(61)66-36-43-34-45(58)17-25-50(43)51-26-18-46(59)35-44(51)37-67-54(62)28-12-39-9-19-49(20-10-39)68-55(63)42-15-23-48(24-16-42)65-32-4-2-30-57/h5-28,34-35H,1-4,31-33,36-37,58-59H2/b27-11+,28-12+. The van der Waals surface area contributed by atoms with Crippen LogP contribution in [0, 0.1) is 22.7 Å². The molecule has 13 heteroatoms. The van der Waals surface area contributed by atoms with Crippen molar-refractivity contribution >= 4 is 47.2 Å². The summed E-state index contributed by atoms with van der Waals surface area (Å²) in [6, 6.07) is 42.0. The average Bonchev–Trinajstić information content (AvgIpc) is 3.35. The topological polar surface area (TPSA) is 214 Å². The number of carbonyl (C=O) groups excluding carboxylic acids is 4. The zero-order valence-electron chi connectivity index (χ0n) is 37.1. The lowest BCUT2D eigenvalue weighted by Crippen LogP contribution is -2.08. The molecule has 6 aromatic carbocycles. The Morgan fingerprint density at radius 1 is 0.529 bits per heavy atom. The second-order valence-corrected chi connectivity index (χ2v) is 15.3. The maximum Gasteiger partial charge on any atom is 0.343 e. The molecule has 0 aliphatic rings. The van der Waals surface area contributed by atoms with Crippen molar-refractivity contribution in [1.82, 2.24) is 0 Å². The predicted molar refractivity (Wildman–Crippen MR) is 258 cm³/mol. The van der Waals surface area contributed by atoms with E-state index in [9.17, 15) is 19.2 Å². The highest BCUT2D eigenvalue weighted by atomic mass is 16.5. The van der Waals surface area contributed by atoms with Gasteiger partial charge in [0.1, 0.15) is 30.5 Å². The van der Waals surface area contributed by atoms with Gasteiger partial charge < -0.3 is 35.2 Å². The summed E-state index contributed by atoms with van der Waals surface area (Å²) in [4.78, 5) is 51.4. The van der Waals surface area contributed by atoms with E-state index in [0.717, 1.165) is 11.1 Å². The van der Waals surface area contributed by atoms with Crippen molar-refractivity contribution in [3.63, 3.8) is 0 Å². The number of rotatable bonds is 22. The van der Waals surface area contributed by atoms with Crippen LogP contribution in [0.4, 0.5) is 11.4 Å². The van der Waals surface area contributed by atoms with Gasteiger partial charge in [-0.25, -0.2) is 14.4 Å². The van der Waals surface area contributed by atoms with Gasteiger partial charge in [0.25, 0.3) is 0 Å². The zero-order valence-corrected chi connectivity index (χ0v) is 37.1. The van der Waals surface area contributed by atoms with Gasteiger partial charge >= 0.3 is 17.9 Å². The van der Waals surface area contributed by atoms with E-state index in [1.165, 1.54) is 12.2 Å². The molecule has 0 saturated carbocycles. The Morgan fingerprint density at radius 2 is 0.971 bits per heavy atom. The highest BCUT2D eigenvalue weighted by molar-refractivity contribution is 5.97. The van der Waals surface area contributed by atoms with Gasteiger partial charge in [-0.2, -0.15) is 10.5 Å². The summed E-state index contributed by atoms with van der Waals surface area (Å²) in [5.74, 6) is -0.231. The lowest BCUT2D eigenvalue weighted by molar-refractivity contribution is -0.139. The Kier molecular flexibility index (Phi) is 17.8. The fourth-order valence-corrected chi connectivity index (χ4v) is 6.67. The minimum Gasteiger partial charge on any atom is -0.494 e. The van der Waals surface area contributed by atoms with Crippen LogP contribution in [0.3, 0.4) is 0 Å². The normalized spacial score (nSPS) is 10.8. The molecule has 0 aliphatic heterocycles. The number of esters is 3. The van der Waals surface area contributed by atoms with Crippen molar-refractivity contribution in [3.8, 4) is 40.5 Å². The number of nitrogen functional groups attached to an aromatic ring is 2. The van der Waals surface area contributed by atoms with E-state index in [1.807, 2.05) is 24.3 Å². The Bertz CT molecular complexity index is 2640. The number of hydrogen-bond acceptors (Lipinski definition) is 13. The molecular weight excluding hydrogens is 861 g/mol. The van der Waals surface area contributed by atoms with E-state index in [0.29, 0.717) is 106 Å². The quantitative estimate of drug-likeness (QED) is 0.0162. The molecule has 6 rings (SSSR count). The van der Waals surface area contributed by atoms with Crippen LogP contribution < -0.4 is 25.7 Å². The van der Waals surface area contributed by atoms with E-state index < -0.39 is 17.9 Å². The van der Waals surface area contributed by atoms with Crippen LogP contribution in [-0.4, -0.2) is 36.9 Å². The van der Waals surface area contributed by atoms with Crippen LogP contribution in [0.25, 0.3) is 23.3 Å². The molecule has 68 heavy (non-hydrogen) atoms. The van der Waals surface area contributed by atoms with Gasteiger partial charge in [0, 0.05) is 48.4 Å². The maximum absolute atomic E-state index is 12.9. The highest BCUT2D eigenvalue weighted by Crippen LogP contribution is 2.32. The van der Waals surface area contributed by atoms with Crippen molar-refractivity contribution in [2.45, 2.75) is 45.3 Å². The Labute approximate surface area is 394 Å². The van der Waals surface area contributed by atoms with Crippen molar-refractivity contribution in [2.75, 3.05) is 24.7 Å². The number of nitrogens with zero attached hydrogens (tertiary/aromatic N) is 2. The molecule has 0 radical (unpaired) electrons. The molecule has 0 aliphatic carbocycles. The number of carbonyl (C=O) groups is 4. The number of ether oxygens (including phenoxy) is 5. The van der Waals surface area contributed by atoms with E-state index >= 15 is 0 Å². The monoisotopic (exact) mass is 908 g/mol. The van der Waals surface area contributed by atoms with Gasteiger partial charge in [0.15, 0.2) is 5.78 Å². The molecule has 0 amide bonds. The van der Waals surface area contributed by atoms with E-state index in [-0.39, 0.29) is 25.4 Å². The lowest BCUT2D eigenvalue weighted by Gasteiger charge is -2.15. The van der Waals surface area contributed by atoms with Crippen LogP contribution in [-0.2, 0) is 38.7 Å². The van der Waals surface area contributed by atoms with Crippen LogP contribution in [0.15, 0.2) is 146 Å². The van der Waals surface area contributed by atoms with Crippen LogP contribution in [0.5, 0.6) is 17.2 Å². The number of anilines is 2. The number of benzene rings is 6. The minimum atomic E-state index is -0.606. The minimum absolute atomic E-state index is 0.0474. The molecule has 0 spiro atoms. The van der Waals surface area contributed by atoms with Crippen molar-refractivity contribution in [2.24, 2.45) is 0 Å². The van der Waals surface area contributed by atoms with Crippen molar-refractivity contribution < 1.29 is 42.9 Å². The number of Topliss-reactive ketones (excluding diaryl/α,β-unsaturated/α-hetero) is 1. The summed E-state index contributed by atoms with van der Waals surface area (Å²) < 4.78 is 27.9. The molecule has 342 valence electrons. The first-order chi connectivity index (χ1) is 33.1. The van der Waals surface area contributed by atoms with E-state index in [4.69, 9.17) is 45.7 Å². The highest BCUT2D eigenvalue weighted by Gasteiger charge is 2.15. The first kappa shape index (κ1) is 48.5. The molecule has 0 saturated heterocycles. The summed E-state index contributed by atoms with van der Waals surface area (Å²) in [5.41, 5.74) is 19.0. The van der Waals surface area contributed by atoms with Gasteiger partial charge in [-0.1, -0.05) is 48.5 Å². The molecule has 0 unspecified atom stereocenters. The van der Waals surface area contributed by atoms with Crippen molar-refractivity contribution in [1.29, 1.82) is 10.5 Å². The first-order valence-electron chi connectivity index (χ1n) is 21.7. The first-order valence-corrected chi connectivity index (χ1v) is 21.7. The third-order valence-electron chi connectivity index (χ3n) is 10.2. The van der Waals surface area contributed by atoms with Gasteiger partial charge in [0.2, 0.25) is 0 Å². The number of unbranched alkanes of at least 4 members (excludes halogenated alkanes) is 2. The number of hydrogen-bond donors (Lipinski definition) is 2. The Hall–Kier alpha value is -8.94. The SMILES string of the molecule is N#CCCCOc1ccc(C(=O)Cc2ccc(/C=C/C(=O)OCc3cc(N)ccc3-c3ccc(N)cc3COC(=O)/C=C/c3ccc(OC(=O)c4ccc(OCCCC#N)cc4)cc3)cc2)cc1. The second kappa shape index (κ2) is 24.9. The largest absolute Gasteiger partial charge is 0.494 e. The summed E-state index contributed by atoms with van der Waals surface area (Å²) in [5, 5.41) is 17.3. The maximum atomic E-state index is 12.9. The zero-order chi connectivity index (χ0) is 48.1. The van der Waals surface area contributed by atoms with E-state index in [1.54, 1.807) is 121 Å². The van der Waals surface area contributed by atoms with Crippen LogP contribution in [0.2, 0.25) is 0 Å². The Morgan fingerprint density at radius 3 is 1.44 bits per heavy atom. The molecule has 0 atom stereocenters. The van der Waals surface area contributed by atoms with E-state index in [2.05, 4.69) is 12.1 Å². The third kappa shape index (κ3) is 15.1. The van der Waals surface area contributed by atoms with Gasteiger partial charge in [-0.05, 0) is 149 Å². The Balaban J connectivity index is 0.990. The summed E-state index contributed by atoms with van der Waals surface area (Å²) >= 11 is 0. The van der Waals surface area contributed by atoms with Gasteiger partial charge in [-0.3, -0.25) is 4.79 Å². The van der Waals surface area contributed by atoms with Gasteiger partial charge in [-0.15, -0.1) is 0 Å². The van der Waals surface area contributed by atoms with Gasteiger partial charge in [0.05, 0.1) is 30.9 Å². The third-order valence-corrected chi connectivity index (χ3v) is 10.2. The summed E-state index contributed by atoms with van der Waals surface area (Å²) in [6.07, 6.45) is 8.09. The number of nitrogens with two attached hydrogens (primary N) is 2. The molecule has 4 N–H and O–H groups in total. The fraction of sp³-hybridized carbons (Fsp3) is 0.164. The van der Waals surface area contributed by atoms with Crippen LogP contribution >= 0.6 is 0 Å². The number of nitriles is 2. The molecule has 0 aromatic heterocycles. The predicted octanol–water partition coefficient (Wildman–Crippen LogP) is 10.0. The summed E-state index contributed by atoms with van der Waals surface area (Å²) in [7, 11) is 0. The molecule has 13 nitrogen and oxygen atoms in total. The second-order valence-electron chi connectivity index (χ2n) is 15.3. The molecule has 0 bridgehead atoms. The number of ketones is 1. The van der Waals surface area contributed by atoms with Crippen molar-refractivity contribution in [3.05, 3.63) is 185 Å². The molecule has 6 aromatic rings. The molecule has 0 fully saturated rings. The molecular formula is C55H48N4O9. The van der Waals surface area contributed by atoms with Crippen LogP contribution in [0.1, 0.15) is 74.2 Å². The lowest BCUT2D eigenvalue weighted by atomic mass is 9.95.